The summed E-state index contributed by atoms with van der Waals surface area (Å²) in [6.45, 7) is 0. The zero-order chi connectivity index (χ0) is 9.10. The second kappa shape index (κ2) is 7.13. The van der Waals surface area contributed by atoms with Crippen molar-refractivity contribution in [1.82, 2.24) is 0 Å². The number of halogens is 2. The summed E-state index contributed by atoms with van der Waals surface area (Å²) in [7, 11) is 0. The molecule has 1 nitrogen and oxygen atoms in total. The molecule has 0 radical (unpaired) electrons. The van der Waals surface area contributed by atoms with Gasteiger partial charge in [-0.05, 0) is 0 Å². The number of rotatable bonds is 2. The fourth-order valence-electron chi connectivity index (χ4n) is 1.47. The van der Waals surface area contributed by atoms with Crippen LogP contribution in [-0.4, -0.2) is 0 Å². The van der Waals surface area contributed by atoms with Crippen LogP contribution in [0.2, 0.25) is 0 Å². The number of para-hydroxylation sites is 1. The van der Waals surface area contributed by atoms with Crippen LogP contribution in [0, 0.1) is 0 Å². The summed E-state index contributed by atoms with van der Waals surface area (Å²) in [4.78, 5) is 0. The van der Waals surface area contributed by atoms with Crippen LogP contribution in [0.15, 0.2) is 42.5 Å². The maximum atomic E-state index is 5.29. The molecule has 0 aromatic heterocycles. The molecule has 0 spiro atoms. The van der Waals surface area contributed by atoms with Crippen LogP contribution in [-0.2, 0) is 20.8 Å². The molecule has 0 atom stereocenters. The molecule has 77 valence electrons. The van der Waals surface area contributed by atoms with E-state index in [1.807, 2.05) is 18.2 Å². The Hall–Kier alpha value is -0.206. The van der Waals surface area contributed by atoms with Crippen LogP contribution in [0.5, 0.6) is 5.75 Å². The third-order valence-electron chi connectivity index (χ3n) is 2.11. The summed E-state index contributed by atoms with van der Waals surface area (Å²) in [5, 5.41) is 0. The average Bonchev–Trinajstić information content (AvgIpc) is 2.70. The molecule has 0 saturated heterocycles. The summed E-state index contributed by atoms with van der Waals surface area (Å²) >= 11 is 1.71. The van der Waals surface area contributed by atoms with Crippen molar-refractivity contribution in [3.63, 3.8) is 0 Å². The van der Waals surface area contributed by atoms with E-state index < -0.39 is 0 Å². The van der Waals surface area contributed by atoms with Gasteiger partial charge in [0.15, 0.2) is 0 Å². The van der Waals surface area contributed by atoms with Gasteiger partial charge in [-0.15, -0.1) is 0 Å². The average molecular weight is 276 g/mol. The molecule has 4 heteroatoms. The second-order valence-electron chi connectivity index (χ2n) is 2.92. The second-order valence-corrected chi connectivity index (χ2v) is 3.24. The maximum absolute atomic E-state index is 5.29. The Morgan fingerprint density at radius 1 is 1.13 bits per heavy atom. The van der Waals surface area contributed by atoms with Crippen LogP contribution < -0.4 is 28.1 Å². The molecule has 0 N–H and O–H groups in total. The van der Waals surface area contributed by atoms with Crippen molar-refractivity contribution in [3.05, 3.63) is 48.1 Å². The molecule has 0 saturated carbocycles. The minimum atomic E-state index is 0. The first-order valence-corrected chi connectivity index (χ1v) is 4.84. The molecule has 1 aromatic rings. The fraction of sp³-hybridized carbons (Fsp3) is 0.0909. The van der Waals surface area contributed by atoms with Crippen LogP contribution >= 0.6 is 0 Å². The van der Waals surface area contributed by atoms with Gasteiger partial charge in [-0.1, -0.05) is 0 Å². The molecule has 0 bridgehead atoms. The number of allylic oxidation sites excluding steroid dienone is 4. The predicted molar refractivity (Wildman–Crippen MR) is 48.8 cm³/mol. The van der Waals surface area contributed by atoms with E-state index in [1.165, 1.54) is 11.1 Å². The Morgan fingerprint density at radius 2 is 1.87 bits per heavy atom. The first-order chi connectivity index (χ1) is 6.42. The van der Waals surface area contributed by atoms with Gasteiger partial charge in [-0.25, -0.2) is 0 Å². The molecule has 15 heavy (non-hydrogen) atoms. The zero-order valence-electron chi connectivity index (χ0n) is 7.91. The molecular formula is C11H9Cl2OTi. The fourth-order valence-corrected chi connectivity index (χ4v) is 1.75. The number of hydrogen-bond donors (Lipinski definition) is 0. The van der Waals surface area contributed by atoms with Crippen LogP contribution in [0.4, 0.5) is 0 Å². The summed E-state index contributed by atoms with van der Waals surface area (Å²) in [6, 6.07) is 8.12. The van der Waals surface area contributed by atoms with Crippen molar-refractivity contribution in [1.29, 1.82) is 0 Å². The van der Waals surface area contributed by atoms with Gasteiger partial charge in [0.2, 0.25) is 0 Å². The third kappa shape index (κ3) is 3.39. The first-order valence-electron chi connectivity index (χ1n) is 4.20. The number of benzene rings is 1. The summed E-state index contributed by atoms with van der Waals surface area (Å²) in [5.41, 5.74) is 2.53. The Morgan fingerprint density at radius 3 is 2.47 bits per heavy atom. The first kappa shape index (κ1) is 14.8. The van der Waals surface area contributed by atoms with E-state index in [4.69, 9.17) is 3.32 Å². The van der Waals surface area contributed by atoms with Crippen molar-refractivity contribution < 1.29 is 49.0 Å². The van der Waals surface area contributed by atoms with Crippen molar-refractivity contribution in [3.8, 4) is 5.75 Å². The molecule has 0 heterocycles. The zero-order valence-corrected chi connectivity index (χ0v) is 11.0. The van der Waals surface area contributed by atoms with Gasteiger partial charge in [-0.3, -0.25) is 0 Å². The van der Waals surface area contributed by atoms with Crippen LogP contribution in [0.1, 0.15) is 12.0 Å². The predicted octanol–water partition coefficient (Wildman–Crippen LogP) is -3.12. The molecule has 1 aliphatic carbocycles. The monoisotopic (exact) mass is 275 g/mol. The van der Waals surface area contributed by atoms with E-state index >= 15 is 0 Å². The Kier molecular flexibility index (Phi) is 7.03. The van der Waals surface area contributed by atoms with Gasteiger partial charge < -0.3 is 24.8 Å². The molecule has 0 aliphatic heterocycles. The molecule has 0 fully saturated rings. The molecular weight excluding hydrogens is 267 g/mol. The van der Waals surface area contributed by atoms with E-state index in [-0.39, 0.29) is 24.8 Å². The molecule has 2 rings (SSSR count). The normalized spacial score (nSPS) is 12.5. The summed E-state index contributed by atoms with van der Waals surface area (Å²) in [6.07, 6.45) is 7.39. The Bertz CT molecular complexity index is 375. The van der Waals surface area contributed by atoms with E-state index in [0.717, 1.165) is 12.2 Å². The van der Waals surface area contributed by atoms with Gasteiger partial charge >= 0.3 is 89.9 Å². The van der Waals surface area contributed by atoms with Crippen molar-refractivity contribution in [2.75, 3.05) is 0 Å². The third-order valence-corrected chi connectivity index (χ3v) is 2.46. The molecule has 0 unspecified atom stereocenters. The van der Waals surface area contributed by atoms with Gasteiger partial charge in [0.05, 0.1) is 0 Å². The number of hydrogen-bond acceptors (Lipinski definition) is 1. The molecule has 1 aliphatic rings. The Labute approximate surface area is 114 Å². The van der Waals surface area contributed by atoms with Gasteiger partial charge in [0, 0.05) is 0 Å². The molecule has 1 aromatic carbocycles. The van der Waals surface area contributed by atoms with E-state index in [1.54, 1.807) is 20.8 Å². The van der Waals surface area contributed by atoms with Gasteiger partial charge in [0.25, 0.3) is 0 Å². The van der Waals surface area contributed by atoms with E-state index in [2.05, 4.69) is 24.3 Å². The standard InChI is InChI=1S/C11H10O.2ClH.Ti/c12-11-8-4-3-7-10(11)9-5-1-2-6-9;;;/h1-5,7-8,12H,6H2;2*1H;/q;;;+3/p-3. The van der Waals surface area contributed by atoms with Crippen LogP contribution in [0.25, 0.3) is 5.57 Å². The Balaban J connectivity index is 0.000000980. The van der Waals surface area contributed by atoms with Gasteiger partial charge in [-0.2, -0.15) is 0 Å². The van der Waals surface area contributed by atoms with E-state index in [0.29, 0.717) is 0 Å². The summed E-state index contributed by atoms with van der Waals surface area (Å²) < 4.78 is 5.29. The van der Waals surface area contributed by atoms with Gasteiger partial charge in [0.1, 0.15) is 0 Å². The van der Waals surface area contributed by atoms with Crippen molar-refractivity contribution in [2.45, 2.75) is 6.42 Å². The SMILES string of the molecule is [Cl-].[Cl-].[Ti+2][O]c1ccccc1C1=CC=CC1. The minimum absolute atomic E-state index is 0. The van der Waals surface area contributed by atoms with E-state index in [9.17, 15) is 0 Å². The quantitative estimate of drug-likeness (QED) is 0.519. The summed E-state index contributed by atoms with van der Waals surface area (Å²) in [5.74, 6) is 0.956. The van der Waals surface area contributed by atoms with Crippen molar-refractivity contribution >= 4 is 5.57 Å². The topological polar surface area (TPSA) is 9.23 Å². The van der Waals surface area contributed by atoms with Crippen LogP contribution in [0.3, 0.4) is 0 Å². The molecule has 0 amide bonds. The van der Waals surface area contributed by atoms with Crippen molar-refractivity contribution in [2.24, 2.45) is 0 Å².